The summed E-state index contributed by atoms with van der Waals surface area (Å²) in [5.74, 6) is -0.195. The SMILES string of the molecule is CCc1nn2cc([C@H](C)Nc3nc(N)nc(N)c3Cl)c(-c3cncc(F)c3)nc2c1Cl. The molecule has 0 unspecified atom stereocenters. The average molecular weight is 462 g/mol. The van der Waals surface area contributed by atoms with Gasteiger partial charge in [0.25, 0.3) is 0 Å². The van der Waals surface area contributed by atoms with E-state index < -0.39 is 11.9 Å². The van der Waals surface area contributed by atoms with E-state index in [-0.39, 0.29) is 22.6 Å². The van der Waals surface area contributed by atoms with Crippen molar-refractivity contribution >= 4 is 46.4 Å². The summed E-state index contributed by atoms with van der Waals surface area (Å²) in [6.45, 7) is 3.80. The lowest BCUT2D eigenvalue weighted by Gasteiger charge is -2.19. The van der Waals surface area contributed by atoms with Gasteiger partial charge in [-0.05, 0) is 19.4 Å². The van der Waals surface area contributed by atoms with Gasteiger partial charge in [-0.15, -0.1) is 0 Å². The van der Waals surface area contributed by atoms with Crippen LogP contribution in [-0.4, -0.2) is 29.5 Å². The van der Waals surface area contributed by atoms with Crippen molar-refractivity contribution in [1.29, 1.82) is 0 Å². The topological polar surface area (TPSA) is 133 Å². The van der Waals surface area contributed by atoms with Gasteiger partial charge < -0.3 is 16.8 Å². The molecule has 4 aromatic heterocycles. The molecule has 4 aromatic rings. The van der Waals surface area contributed by atoms with E-state index in [9.17, 15) is 4.39 Å². The van der Waals surface area contributed by atoms with E-state index in [1.165, 1.54) is 12.3 Å². The summed E-state index contributed by atoms with van der Waals surface area (Å²) >= 11 is 12.7. The molecule has 4 rings (SSSR count). The van der Waals surface area contributed by atoms with Crippen LogP contribution in [0.2, 0.25) is 10.0 Å². The van der Waals surface area contributed by atoms with E-state index in [4.69, 9.17) is 34.7 Å². The summed E-state index contributed by atoms with van der Waals surface area (Å²) in [7, 11) is 0. The van der Waals surface area contributed by atoms with Crippen LogP contribution in [0.4, 0.5) is 22.0 Å². The number of hydrogen-bond donors (Lipinski definition) is 3. The van der Waals surface area contributed by atoms with Crippen LogP contribution in [0.3, 0.4) is 0 Å². The lowest BCUT2D eigenvalue weighted by Crippen LogP contribution is -2.14. The maximum atomic E-state index is 13.9. The predicted molar refractivity (Wildman–Crippen MR) is 118 cm³/mol. The van der Waals surface area contributed by atoms with Gasteiger partial charge in [0.15, 0.2) is 11.5 Å². The Morgan fingerprint density at radius 2 is 1.94 bits per heavy atom. The molecule has 0 aromatic carbocycles. The number of aromatic nitrogens is 6. The summed E-state index contributed by atoms with van der Waals surface area (Å²) in [6.07, 6.45) is 5.05. The standard InChI is InChI=1S/C19H18Cl2FN9/c1-3-12-13(20)18-27-15(9-4-10(22)6-25-5-9)11(7-31(18)30-12)8(2)26-17-14(21)16(23)28-19(24)29-17/h4-8H,3H2,1-2H3,(H5,23,24,26,28,29)/t8-/m0/s1. The van der Waals surface area contributed by atoms with E-state index in [0.717, 1.165) is 6.20 Å². The first-order valence-corrected chi connectivity index (χ1v) is 10.1. The van der Waals surface area contributed by atoms with Gasteiger partial charge in [0.1, 0.15) is 21.7 Å². The van der Waals surface area contributed by atoms with Crippen molar-refractivity contribution in [1.82, 2.24) is 29.5 Å². The summed E-state index contributed by atoms with van der Waals surface area (Å²) in [4.78, 5) is 16.6. The third-order valence-electron chi connectivity index (χ3n) is 4.67. The maximum absolute atomic E-state index is 13.9. The van der Waals surface area contributed by atoms with E-state index in [0.29, 0.717) is 39.6 Å². The Bertz CT molecular complexity index is 1290. The smallest absolute Gasteiger partial charge is 0.224 e. The first-order valence-electron chi connectivity index (χ1n) is 9.32. The molecule has 0 aliphatic rings. The Kier molecular flexibility index (Phi) is 5.50. The Balaban J connectivity index is 1.88. The van der Waals surface area contributed by atoms with E-state index in [1.807, 2.05) is 13.8 Å². The molecule has 0 bridgehead atoms. The predicted octanol–water partition coefficient (Wildman–Crippen LogP) is 3.93. The molecule has 12 heteroatoms. The third kappa shape index (κ3) is 3.91. The number of aryl methyl sites for hydroxylation is 1. The molecule has 0 saturated heterocycles. The minimum Gasteiger partial charge on any atom is -0.382 e. The summed E-state index contributed by atoms with van der Waals surface area (Å²) < 4.78 is 15.5. The minimum absolute atomic E-state index is 0.0221. The number of nitrogens with zero attached hydrogens (tertiary/aromatic N) is 6. The van der Waals surface area contributed by atoms with Crippen LogP contribution in [0.25, 0.3) is 16.9 Å². The second-order valence-corrected chi connectivity index (χ2v) is 7.57. The zero-order valence-corrected chi connectivity index (χ0v) is 18.1. The Morgan fingerprint density at radius 1 is 1.16 bits per heavy atom. The number of hydrogen-bond acceptors (Lipinski definition) is 8. The molecule has 0 fully saturated rings. The van der Waals surface area contributed by atoms with Crippen molar-refractivity contribution in [2.45, 2.75) is 26.3 Å². The highest BCUT2D eigenvalue weighted by atomic mass is 35.5. The van der Waals surface area contributed by atoms with Crippen LogP contribution in [-0.2, 0) is 6.42 Å². The minimum atomic E-state index is -0.487. The van der Waals surface area contributed by atoms with Crippen molar-refractivity contribution in [3.05, 3.63) is 51.8 Å². The normalized spacial score (nSPS) is 12.3. The highest BCUT2D eigenvalue weighted by molar-refractivity contribution is 6.35. The summed E-state index contributed by atoms with van der Waals surface area (Å²) in [6, 6.07) is 0.940. The average Bonchev–Trinajstić information content (AvgIpc) is 3.05. The number of nitrogens with two attached hydrogens (primary N) is 2. The molecule has 5 N–H and O–H groups in total. The summed E-state index contributed by atoms with van der Waals surface area (Å²) in [5.41, 5.74) is 14.3. The molecular weight excluding hydrogens is 444 g/mol. The van der Waals surface area contributed by atoms with Crippen molar-refractivity contribution in [3.8, 4) is 11.3 Å². The van der Waals surface area contributed by atoms with Gasteiger partial charge in [0, 0.05) is 23.5 Å². The molecular formula is C19H18Cl2FN9. The molecule has 31 heavy (non-hydrogen) atoms. The second kappa shape index (κ2) is 8.12. The lowest BCUT2D eigenvalue weighted by molar-refractivity contribution is 0.622. The number of anilines is 3. The van der Waals surface area contributed by atoms with Gasteiger partial charge in [-0.3, -0.25) is 4.98 Å². The number of nitrogens with one attached hydrogen (secondary N) is 1. The van der Waals surface area contributed by atoms with Gasteiger partial charge in [-0.2, -0.15) is 15.1 Å². The lowest BCUT2D eigenvalue weighted by atomic mass is 10.0. The molecule has 9 nitrogen and oxygen atoms in total. The second-order valence-electron chi connectivity index (χ2n) is 6.81. The zero-order valence-electron chi connectivity index (χ0n) is 16.6. The highest BCUT2D eigenvalue weighted by Crippen LogP contribution is 2.34. The highest BCUT2D eigenvalue weighted by Gasteiger charge is 2.21. The van der Waals surface area contributed by atoms with Crippen molar-refractivity contribution in [2.24, 2.45) is 0 Å². The van der Waals surface area contributed by atoms with Gasteiger partial charge in [0.05, 0.1) is 23.6 Å². The van der Waals surface area contributed by atoms with Crippen molar-refractivity contribution in [3.63, 3.8) is 0 Å². The van der Waals surface area contributed by atoms with Gasteiger partial charge in [0.2, 0.25) is 5.95 Å². The van der Waals surface area contributed by atoms with Crippen LogP contribution in [0.5, 0.6) is 0 Å². The van der Waals surface area contributed by atoms with E-state index in [1.54, 1.807) is 10.7 Å². The monoisotopic (exact) mass is 461 g/mol. The fourth-order valence-corrected chi connectivity index (χ4v) is 3.62. The summed E-state index contributed by atoms with van der Waals surface area (Å²) in [5, 5.41) is 8.24. The molecule has 0 spiro atoms. The van der Waals surface area contributed by atoms with Crippen molar-refractivity contribution in [2.75, 3.05) is 16.8 Å². The largest absolute Gasteiger partial charge is 0.382 e. The Labute approximate surface area is 186 Å². The molecule has 0 aliphatic carbocycles. The molecule has 4 heterocycles. The van der Waals surface area contributed by atoms with Crippen LogP contribution in [0, 0.1) is 5.82 Å². The molecule has 0 radical (unpaired) electrons. The Hall–Kier alpha value is -3.24. The number of nitrogen functional groups attached to an aromatic ring is 2. The fourth-order valence-electron chi connectivity index (χ4n) is 3.18. The van der Waals surface area contributed by atoms with Gasteiger partial charge in [-0.25, -0.2) is 13.9 Å². The van der Waals surface area contributed by atoms with Gasteiger partial charge >= 0.3 is 0 Å². The number of rotatable bonds is 5. The van der Waals surface area contributed by atoms with Crippen LogP contribution in [0.15, 0.2) is 24.7 Å². The molecule has 1 atom stereocenters. The quantitative estimate of drug-likeness (QED) is 0.406. The fraction of sp³-hybridized carbons (Fsp3) is 0.211. The first-order chi connectivity index (χ1) is 14.8. The van der Waals surface area contributed by atoms with Crippen LogP contribution in [0.1, 0.15) is 31.1 Å². The number of pyridine rings is 1. The van der Waals surface area contributed by atoms with Gasteiger partial charge in [-0.1, -0.05) is 30.1 Å². The molecule has 0 saturated carbocycles. The van der Waals surface area contributed by atoms with Crippen molar-refractivity contribution < 1.29 is 4.39 Å². The molecule has 0 amide bonds. The van der Waals surface area contributed by atoms with E-state index in [2.05, 4.69) is 30.4 Å². The number of halogens is 3. The number of fused-ring (bicyclic) bond motifs is 1. The zero-order chi connectivity index (χ0) is 22.3. The maximum Gasteiger partial charge on any atom is 0.224 e. The van der Waals surface area contributed by atoms with Crippen LogP contribution >= 0.6 is 23.2 Å². The van der Waals surface area contributed by atoms with Crippen LogP contribution < -0.4 is 16.8 Å². The molecule has 0 aliphatic heterocycles. The van der Waals surface area contributed by atoms with E-state index >= 15 is 0 Å². The molecule has 160 valence electrons. The third-order valence-corrected chi connectivity index (χ3v) is 5.43. The first kappa shape index (κ1) is 21.0. The Morgan fingerprint density at radius 3 is 2.65 bits per heavy atom.